The van der Waals surface area contributed by atoms with Crippen LogP contribution in [0.1, 0.15) is 33.7 Å². The second kappa shape index (κ2) is 6.51. The molecule has 4 nitrogen and oxygen atoms in total. The highest BCUT2D eigenvalue weighted by molar-refractivity contribution is 5.94. The average molecular weight is 335 g/mol. The second-order valence-corrected chi connectivity index (χ2v) is 6.18. The zero-order valence-corrected chi connectivity index (χ0v) is 13.7. The van der Waals surface area contributed by atoms with Gasteiger partial charge in [0.15, 0.2) is 5.69 Å². The largest absolute Gasteiger partial charge is 0.347 e. The van der Waals surface area contributed by atoms with Gasteiger partial charge in [-0.1, -0.05) is 30.3 Å². The Morgan fingerprint density at radius 3 is 2.60 bits per heavy atom. The van der Waals surface area contributed by atoms with E-state index in [4.69, 9.17) is 0 Å². The summed E-state index contributed by atoms with van der Waals surface area (Å²) in [4.78, 5) is 12.6. The lowest BCUT2D eigenvalue weighted by atomic mass is 10.2. The van der Waals surface area contributed by atoms with Crippen LogP contribution < -0.4 is 5.32 Å². The van der Waals surface area contributed by atoms with Crippen molar-refractivity contribution < 1.29 is 9.18 Å². The molecule has 1 N–H and O–H groups in total. The van der Waals surface area contributed by atoms with E-state index in [9.17, 15) is 9.18 Å². The van der Waals surface area contributed by atoms with Crippen molar-refractivity contribution in [2.75, 3.05) is 0 Å². The minimum atomic E-state index is -0.283. The van der Waals surface area contributed by atoms with Gasteiger partial charge in [0.25, 0.3) is 5.91 Å². The van der Waals surface area contributed by atoms with E-state index in [0.717, 1.165) is 41.8 Å². The quantitative estimate of drug-likeness (QED) is 0.794. The Bertz CT molecular complexity index is 901. The topological polar surface area (TPSA) is 46.9 Å². The van der Waals surface area contributed by atoms with Gasteiger partial charge in [0.05, 0.1) is 5.69 Å². The van der Waals surface area contributed by atoms with Crippen LogP contribution in [0.5, 0.6) is 0 Å². The Kier molecular flexibility index (Phi) is 4.06. The van der Waals surface area contributed by atoms with Crippen molar-refractivity contribution in [3.05, 3.63) is 82.9 Å². The van der Waals surface area contributed by atoms with Crippen molar-refractivity contribution in [3.63, 3.8) is 0 Å². The van der Waals surface area contributed by atoms with Crippen LogP contribution in [-0.4, -0.2) is 15.7 Å². The lowest BCUT2D eigenvalue weighted by Crippen LogP contribution is -2.24. The lowest BCUT2D eigenvalue weighted by Gasteiger charge is -2.05. The Hall–Kier alpha value is -2.95. The fraction of sp³-hybridized carbons (Fsp3) is 0.200. The van der Waals surface area contributed by atoms with E-state index in [-0.39, 0.29) is 11.7 Å². The first-order valence-corrected chi connectivity index (χ1v) is 8.41. The predicted molar refractivity (Wildman–Crippen MR) is 93.2 cm³/mol. The van der Waals surface area contributed by atoms with Crippen molar-refractivity contribution in [3.8, 4) is 5.69 Å². The highest BCUT2D eigenvalue weighted by atomic mass is 19.1. The summed E-state index contributed by atoms with van der Waals surface area (Å²) in [5, 5.41) is 7.47. The number of aromatic nitrogens is 2. The minimum absolute atomic E-state index is 0.183. The van der Waals surface area contributed by atoms with Crippen molar-refractivity contribution in [1.82, 2.24) is 15.1 Å². The molecular weight excluding hydrogens is 317 g/mol. The van der Waals surface area contributed by atoms with Crippen molar-refractivity contribution in [2.24, 2.45) is 0 Å². The normalized spacial score (nSPS) is 12.8. The zero-order chi connectivity index (χ0) is 17.2. The van der Waals surface area contributed by atoms with E-state index in [1.165, 1.54) is 12.1 Å². The van der Waals surface area contributed by atoms with Crippen LogP contribution in [-0.2, 0) is 19.4 Å². The van der Waals surface area contributed by atoms with Gasteiger partial charge in [-0.15, -0.1) is 0 Å². The number of carbonyl (C=O) groups is 1. The van der Waals surface area contributed by atoms with Crippen LogP contribution in [0.4, 0.5) is 4.39 Å². The number of fused-ring (bicyclic) bond motifs is 1. The molecule has 0 saturated carbocycles. The fourth-order valence-electron chi connectivity index (χ4n) is 3.27. The molecule has 126 valence electrons. The molecule has 1 heterocycles. The van der Waals surface area contributed by atoms with E-state index < -0.39 is 0 Å². The number of para-hydroxylation sites is 1. The van der Waals surface area contributed by atoms with Gasteiger partial charge in [-0.25, -0.2) is 9.07 Å². The monoisotopic (exact) mass is 335 g/mol. The van der Waals surface area contributed by atoms with Crippen LogP contribution in [0.25, 0.3) is 5.69 Å². The van der Waals surface area contributed by atoms with Gasteiger partial charge < -0.3 is 5.32 Å². The third-order valence-corrected chi connectivity index (χ3v) is 4.51. The molecule has 0 saturated heterocycles. The van der Waals surface area contributed by atoms with Crippen molar-refractivity contribution >= 4 is 5.91 Å². The van der Waals surface area contributed by atoms with Crippen LogP contribution in [0.2, 0.25) is 0 Å². The summed E-state index contributed by atoms with van der Waals surface area (Å²) in [6, 6.07) is 16.0. The molecule has 25 heavy (non-hydrogen) atoms. The Morgan fingerprint density at radius 2 is 1.84 bits per heavy atom. The molecule has 5 heteroatoms. The highest BCUT2D eigenvalue weighted by Gasteiger charge is 2.26. The van der Waals surface area contributed by atoms with E-state index in [2.05, 4.69) is 10.4 Å². The minimum Gasteiger partial charge on any atom is -0.347 e. The zero-order valence-electron chi connectivity index (χ0n) is 13.7. The first-order chi connectivity index (χ1) is 12.2. The number of benzene rings is 2. The molecular formula is C20H18FN3O. The van der Waals surface area contributed by atoms with Crippen LogP contribution in [0.3, 0.4) is 0 Å². The molecule has 0 atom stereocenters. The molecule has 0 radical (unpaired) electrons. The standard InChI is InChI=1S/C20H18FN3O/c21-15-11-9-14(10-12-15)13-22-20(25)19-17-7-4-8-18(17)24(23-19)16-5-2-1-3-6-16/h1-3,5-6,9-12H,4,7-8,13H2,(H,22,25). The molecule has 1 amide bonds. The Balaban J connectivity index is 1.58. The molecule has 1 aromatic heterocycles. The first-order valence-electron chi connectivity index (χ1n) is 8.41. The molecule has 3 aromatic rings. The van der Waals surface area contributed by atoms with Crippen molar-refractivity contribution in [1.29, 1.82) is 0 Å². The molecule has 0 bridgehead atoms. The number of nitrogens with zero attached hydrogens (tertiary/aromatic N) is 2. The Morgan fingerprint density at radius 1 is 1.08 bits per heavy atom. The van der Waals surface area contributed by atoms with Crippen molar-refractivity contribution in [2.45, 2.75) is 25.8 Å². The van der Waals surface area contributed by atoms with Crippen LogP contribution >= 0.6 is 0 Å². The Labute approximate surface area is 145 Å². The van der Waals surface area contributed by atoms with Gasteiger partial charge in [-0.3, -0.25) is 4.79 Å². The summed E-state index contributed by atoms with van der Waals surface area (Å²) in [6.07, 6.45) is 2.85. The number of nitrogens with one attached hydrogen (secondary N) is 1. The SMILES string of the molecule is O=C(NCc1ccc(F)cc1)c1nn(-c2ccccc2)c2c1CCC2. The van der Waals surface area contributed by atoms with E-state index in [1.54, 1.807) is 12.1 Å². The number of hydrogen-bond donors (Lipinski definition) is 1. The van der Waals surface area contributed by atoms with Gasteiger partial charge in [0.2, 0.25) is 0 Å². The number of rotatable bonds is 4. The van der Waals surface area contributed by atoms with Gasteiger partial charge in [0, 0.05) is 17.8 Å². The average Bonchev–Trinajstić information content (AvgIpc) is 3.24. The molecule has 1 aliphatic rings. The molecule has 2 aromatic carbocycles. The molecule has 0 spiro atoms. The lowest BCUT2D eigenvalue weighted by molar-refractivity contribution is 0.0944. The molecule has 4 rings (SSSR count). The van der Waals surface area contributed by atoms with Gasteiger partial charge >= 0.3 is 0 Å². The van der Waals surface area contributed by atoms with Crippen LogP contribution in [0.15, 0.2) is 54.6 Å². The molecule has 1 aliphatic carbocycles. The number of amides is 1. The third kappa shape index (κ3) is 3.05. The van der Waals surface area contributed by atoms with Gasteiger partial charge in [-0.2, -0.15) is 5.10 Å². The van der Waals surface area contributed by atoms with Gasteiger partial charge in [0.1, 0.15) is 5.82 Å². The van der Waals surface area contributed by atoms with E-state index >= 15 is 0 Å². The summed E-state index contributed by atoms with van der Waals surface area (Å²) in [5.41, 5.74) is 4.49. The summed E-state index contributed by atoms with van der Waals surface area (Å²) in [7, 11) is 0. The maximum Gasteiger partial charge on any atom is 0.272 e. The highest BCUT2D eigenvalue weighted by Crippen LogP contribution is 2.27. The summed E-state index contributed by atoms with van der Waals surface area (Å²) >= 11 is 0. The third-order valence-electron chi connectivity index (χ3n) is 4.51. The number of hydrogen-bond acceptors (Lipinski definition) is 2. The van der Waals surface area contributed by atoms with Crippen LogP contribution in [0, 0.1) is 5.82 Å². The second-order valence-electron chi connectivity index (χ2n) is 6.18. The number of halogens is 1. The molecule has 0 fully saturated rings. The van der Waals surface area contributed by atoms with Gasteiger partial charge in [-0.05, 0) is 49.1 Å². The number of carbonyl (C=O) groups excluding carboxylic acids is 1. The van der Waals surface area contributed by atoms with E-state index in [0.29, 0.717) is 12.2 Å². The molecule has 0 unspecified atom stereocenters. The smallest absolute Gasteiger partial charge is 0.272 e. The van der Waals surface area contributed by atoms with E-state index in [1.807, 2.05) is 35.0 Å². The molecule has 0 aliphatic heterocycles. The fourth-order valence-corrected chi connectivity index (χ4v) is 3.27. The maximum atomic E-state index is 13.0. The first kappa shape index (κ1) is 15.6. The summed E-state index contributed by atoms with van der Waals surface area (Å²) in [5.74, 6) is -0.466. The predicted octanol–water partition coefficient (Wildman–Crippen LogP) is 3.43. The maximum absolute atomic E-state index is 13.0. The summed E-state index contributed by atoms with van der Waals surface area (Å²) in [6.45, 7) is 0.353. The summed E-state index contributed by atoms with van der Waals surface area (Å²) < 4.78 is 14.8.